The van der Waals surface area contributed by atoms with E-state index in [4.69, 9.17) is 10.3 Å². The molecule has 0 saturated heterocycles. The van der Waals surface area contributed by atoms with Gasteiger partial charge in [-0.2, -0.15) is 0 Å². The second-order valence-corrected chi connectivity index (χ2v) is 7.43. The van der Waals surface area contributed by atoms with Gasteiger partial charge in [0.05, 0.1) is 12.6 Å². The number of rotatable bonds is 6. The molecule has 1 saturated carbocycles. The van der Waals surface area contributed by atoms with Crippen LogP contribution in [0.1, 0.15) is 36.5 Å². The molecule has 2 aromatic heterocycles. The molecule has 2 heterocycles. The first-order chi connectivity index (χ1) is 14.0. The van der Waals surface area contributed by atoms with Crippen molar-refractivity contribution in [1.82, 2.24) is 14.7 Å². The molecule has 1 fully saturated rings. The lowest BCUT2D eigenvalue weighted by atomic mass is 10.1. The van der Waals surface area contributed by atoms with Gasteiger partial charge in [0.1, 0.15) is 17.6 Å². The van der Waals surface area contributed by atoms with Crippen molar-refractivity contribution in [3.8, 4) is 23.2 Å². The fourth-order valence-corrected chi connectivity index (χ4v) is 3.39. The Bertz CT molecular complexity index is 1030. The van der Waals surface area contributed by atoms with Crippen molar-refractivity contribution in [2.45, 2.75) is 32.1 Å². The van der Waals surface area contributed by atoms with Crippen LogP contribution in [-0.4, -0.2) is 37.6 Å². The molecule has 0 bridgehead atoms. The van der Waals surface area contributed by atoms with Crippen molar-refractivity contribution >= 4 is 0 Å². The molecule has 1 aliphatic carbocycles. The monoisotopic (exact) mass is 392 g/mol. The van der Waals surface area contributed by atoms with E-state index in [9.17, 15) is 10.2 Å². The van der Waals surface area contributed by atoms with Gasteiger partial charge in [-0.15, -0.1) is 0 Å². The third kappa shape index (κ3) is 4.40. The maximum atomic E-state index is 9.76. The van der Waals surface area contributed by atoms with Crippen molar-refractivity contribution in [3.05, 3.63) is 59.8 Å². The van der Waals surface area contributed by atoms with Gasteiger partial charge in [0.15, 0.2) is 5.76 Å². The van der Waals surface area contributed by atoms with Crippen LogP contribution >= 0.6 is 0 Å². The molecule has 1 unspecified atom stereocenters. The summed E-state index contributed by atoms with van der Waals surface area (Å²) in [7, 11) is 0. The van der Waals surface area contributed by atoms with E-state index < -0.39 is 12.2 Å². The van der Waals surface area contributed by atoms with Crippen molar-refractivity contribution in [1.29, 1.82) is 0 Å². The summed E-state index contributed by atoms with van der Waals surface area (Å²) >= 11 is 0. The molecule has 1 aromatic carbocycles. The summed E-state index contributed by atoms with van der Waals surface area (Å²) in [4.78, 5) is 4.16. The normalized spacial score (nSPS) is 20.0. The summed E-state index contributed by atoms with van der Waals surface area (Å²) in [6, 6.07) is 9.68. The van der Waals surface area contributed by atoms with Crippen LogP contribution in [0.3, 0.4) is 0 Å². The summed E-state index contributed by atoms with van der Waals surface area (Å²) in [5, 5.41) is 23.6. The van der Waals surface area contributed by atoms with E-state index in [0.29, 0.717) is 18.1 Å². The van der Waals surface area contributed by atoms with Crippen LogP contribution in [0.2, 0.25) is 0 Å². The van der Waals surface area contributed by atoms with Crippen LogP contribution in [0.4, 0.5) is 0 Å². The lowest BCUT2D eigenvalue weighted by Crippen LogP contribution is -2.22. The molecule has 0 aliphatic heterocycles. The molecule has 4 N–H and O–H groups in total. The first kappa shape index (κ1) is 19.4. The molecule has 0 spiro atoms. The van der Waals surface area contributed by atoms with Crippen LogP contribution in [0, 0.1) is 23.7 Å². The highest BCUT2D eigenvalue weighted by Gasteiger charge is 2.40. The first-order valence-electron chi connectivity index (χ1n) is 9.70. The average molecular weight is 392 g/mol. The third-order valence-corrected chi connectivity index (χ3v) is 5.16. The zero-order valence-electron chi connectivity index (χ0n) is 16.2. The molecule has 1 aliphatic rings. The number of hydrogen-bond donors (Lipinski definition) is 3. The molecule has 29 heavy (non-hydrogen) atoms. The van der Waals surface area contributed by atoms with Gasteiger partial charge in [0.25, 0.3) is 0 Å². The summed E-state index contributed by atoms with van der Waals surface area (Å²) in [6.07, 6.45) is 3.29. The number of hydrogen-bond acceptors (Lipinski definition) is 6. The maximum Gasteiger partial charge on any atom is 0.167 e. The number of nitrogens with zero attached hydrogens (tertiary/aromatic N) is 3. The smallest absolute Gasteiger partial charge is 0.167 e. The van der Waals surface area contributed by atoms with Gasteiger partial charge in [-0.1, -0.05) is 17.0 Å². The Labute approximate surface area is 169 Å². The Morgan fingerprint density at radius 1 is 1.31 bits per heavy atom. The molecule has 7 heteroatoms. The highest BCUT2D eigenvalue weighted by Crippen LogP contribution is 2.40. The van der Waals surface area contributed by atoms with E-state index >= 15 is 0 Å². The van der Waals surface area contributed by atoms with Gasteiger partial charge in [-0.25, -0.2) is 4.98 Å². The second-order valence-electron chi connectivity index (χ2n) is 7.43. The molecule has 4 rings (SSSR count). The van der Waals surface area contributed by atoms with Crippen molar-refractivity contribution in [2.75, 3.05) is 6.54 Å². The van der Waals surface area contributed by atoms with Gasteiger partial charge >= 0.3 is 0 Å². The van der Waals surface area contributed by atoms with E-state index in [-0.39, 0.29) is 18.4 Å². The predicted molar refractivity (Wildman–Crippen MR) is 107 cm³/mol. The molecular formula is C22H24N4O3. The van der Waals surface area contributed by atoms with Crippen LogP contribution < -0.4 is 5.73 Å². The number of benzene rings is 1. The molecule has 3 aromatic rings. The highest BCUT2D eigenvalue weighted by atomic mass is 16.5. The highest BCUT2D eigenvalue weighted by molar-refractivity contribution is 5.59. The largest absolute Gasteiger partial charge is 0.391 e. The van der Waals surface area contributed by atoms with E-state index in [1.165, 1.54) is 0 Å². The SMILES string of the molecule is C[C@H](O)c1nccn1Cc1cc(-c2ccc(C#C[C@H]3C[C@@H]3C(O)CN)cc2)on1. The number of nitrogens with two attached hydrogens (primary N) is 1. The zero-order valence-corrected chi connectivity index (χ0v) is 16.2. The van der Waals surface area contributed by atoms with E-state index in [1.54, 1.807) is 19.3 Å². The van der Waals surface area contributed by atoms with E-state index in [0.717, 1.165) is 23.2 Å². The lowest BCUT2D eigenvalue weighted by molar-refractivity contribution is 0.156. The number of imidazole rings is 1. The Hall–Kier alpha value is -2.92. The van der Waals surface area contributed by atoms with Crippen molar-refractivity contribution in [2.24, 2.45) is 17.6 Å². The van der Waals surface area contributed by atoms with Gasteiger partial charge in [-0.05, 0) is 37.6 Å². The van der Waals surface area contributed by atoms with Gasteiger partial charge < -0.3 is 25.0 Å². The molecule has 0 amide bonds. The summed E-state index contributed by atoms with van der Waals surface area (Å²) < 4.78 is 7.32. The minimum absolute atomic E-state index is 0.212. The second kappa shape index (κ2) is 8.21. The van der Waals surface area contributed by atoms with Crippen LogP contribution in [0.25, 0.3) is 11.3 Å². The predicted octanol–water partition coefficient (Wildman–Crippen LogP) is 1.95. The third-order valence-electron chi connectivity index (χ3n) is 5.16. The van der Waals surface area contributed by atoms with Gasteiger partial charge in [0.2, 0.25) is 0 Å². The quantitative estimate of drug-likeness (QED) is 0.553. The molecular weight excluding hydrogens is 368 g/mol. The fourth-order valence-electron chi connectivity index (χ4n) is 3.39. The molecule has 150 valence electrons. The lowest BCUT2D eigenvalue weighted by Gasteiger charge is -2.07. The minimum atomic E-state index is -0.644. The summed E-state index contributed by atoms with van der Waals surface area (Å²) in [5.74, 6) is 8.09. The van der Waals surface area contributed by atoms with Gasteiger partial charge in [-0.3, -0.25) is 0 Å². The van der Waals surface area contributed by atoms with E-state index in [1.807, 2.05) is 34.9 Å². The molecule has 7 nitrogen and oxygen atoms in total. The van der Waals surface area contributed by atoms with E-state index in [2.05, 4.69) is 22.0 Å². The van der Waals surface area contributed by atoms with Crippen LogP contribution in [0.5, 0.6) is 0 Å². The minimum Gasteiger partial charge on any atom is -0.391 e. The average Bonchev–Trinajstić information content (AvgIpc) is 3.11. The number of aliphatic hydroxyl groups is 2. The molecule has 4 atom stereocenters. The number of aliphatic hydroxyl groups excluding tert-OH is 2. The number of aromatic nitrogens is 3. The van der Waals surface area contributed by atoms with Crippen LogP contribution in [0.15, 0.2) is 47.2 Å². The Balaban J connectivity index is 1.41. The topological polar surface area (TPSA) is 110 Å². The molecule has 0 radical (unpaired) electrons. The Morgan fingerprint density at radius 2 is 2.10 bits per heavy atom. The maximum absolute atomic E-state index is 9.76. The van der Waals surface area contributed by atoms with Gasteiger partial charge in [0, 0.05) is 48.0 Å². The first-order valence-corrected chi connectivity index (χ1v) is 9.70. The van der Waals surface area contributed by atoms with Crippen molar-refractivity contribution in [3.63, 3.8) is 0 Å². The summed E-state index contributed by atoms with van der Waals surface area (Å²) in [5.41, 5.74) is 8.07. The van der Waals surface area contributed by atoms with Crippen molar-refractivity contribution < 1.29 is 14.7 Å². The standard InChI is InChI=1S/C22H24N4O3/c1-14(27)22-24-8-9-26(22)13-18-11-21(29-25-18)16-5-2-15(3-6-16)4-7-17-10-19(17)20(28)12-23/h2-3,5-6,8-9,11,14,17,19-20,27-28H,10,12-13,23H2,1H3/t14-,17-,19-,20?/m0/s1. The Kier molecular flexibility index (Phi) is 5.49. The van der Waals surface area contributed by atoms with Crippen LogP contribution in [-0.2, 0) is 6.54 Å². The summed E-state index contributed by atoms with van der Waals surface area (Å²) in [6.45, 7) is 2.45. The zero-order chi connectivity index (χ0) is 20.4. The fraction of sp³-hybridized carbons (Fsp3) is 0.364. The Morgan fingerprint density at radius 3 is 2.83 bits per heavy atom.